The van der Waals surface area contributed by atoms with Crippen molar-refractivity contribution in [2.75, 3.05) is 25.2 Å². The summed E-state index contributed by atoms with van der Waals surface area (Å²) in [5.41, 5.74) is -4.00. The van der Waals surface area contributed by atoms with Crippen molar-refractivity contribution < 1.29 is 36.3 Å². The predicted molar refractivity (Wildman–Crippen MR) is 87.5 cm³/mol. The van der Waals surface area contributed by atoms with Crippen molar-refractivity contribution >= 4 is 38.9 Å². The quantitative estimate of drug-likeness (QED) is 0.756. The highest BCUT2D eigenvalue weighted by molar-refractivity contribution is 7.92. The van der Waals surface area contributed by atoms with Gasteiger partial charge in [-0.25, -0.2) is 8.42 Å². The second-order valence-electron chi connectivity index (χ2n) is 5.71. The number of sulfone groups is 1. The van der Waals surface area contributed by atoms with Gasteiger partial charge in [0.05, 0.1) is 15.6 Å². The molecule has 2 amide bonds. The highest BCUT2D eigenvalue weighted by Gasteiger charge is 2.55. The van der Waals surface area contributed by atoms with Crippen LogP contribution in [0.4, 0.5) is 18.9 Å². The molecule has 2 N–H and O–H groups in total. The molecule has 1 aromatic rings. The van der Waals surface area contributed by atoms with Gasteiger partial charge in [-0.05, 0) is 25.1 Å². The molecule has 0 spiro atoms. The monoisotopic (exact) mass is 416 g/mol. The molecule has 1 rings (SSSR count). The number of carbonyl (C=O) groups excluding carboxylic acids is 2. The van der Waals surface area contributed by atoms with Gasteiger partial charge in [0.15, 0.2) is 9.84 Å². The average molecular weight is 417 g/mol. The maximum atomic E-state index is 12.6. The minimum atomic E-state index is -5.22. The summed E-state index contributed by atoms with van der Waals surface area (Å²) in [4.78, 5) is 23.9. The fraction of sp³-hybridized carbons (Fsp3) is 0.429. The Bertz CT molecular complexity index is 822. The number of carbonyl (C=O) groups is 2. The van der Waals surface area contributed by atoms with E-state index in [-0.39, 0.29) is 22.5 Å². The van der Waals surface area contributed by atoms with Gasteiger partial charge >= 0.3 is 6.18 Å². The van der Waals surface area contributed by atoms with E-state index in [0.717, 1.165) is 23.1 Å². The van der Waals surface area contributed by atoms with E-state index < -0.39 is 39.2 Å². The van der Waals surface area contributed by atoms with Gasteiger partial charge in [0.1, 0.15) is 5.75 Å². The highest BCUT2D eigenvalue weighted by atomic mass is 35.5. The van der Waals surface area contributed by atoms with Crippen molar-refractivity contribution in [2.24, 2.45) is 0 Å². The van der Waals surface area contributed by atoms with Crippen LogP contribution in [0.3, 0.4) is 0 Å². The van der Waals surface area contributed by atoms with Gasteiger partial charge in [-0.15, -0.1) is 0 Å². The Kier molecular flexibility index (Phi) is 6.32. The number of anilines is 1. The van der Waals surface area contributed by atoms with Crippen LogP contribution in [0, 0.1) is 0 Å². The van der Waals surface area contributed by atoms with Gasteiger partial charge in [0.25, 0.3) is 5.91 Å². The SMILES string of the molecule is CN(C)C(=O)CS(=O)(=O)c1ccc(NC(=O)[C@@](C)(O)C(F)(F)F)c(Cl)c1. The molecule has 26 heavy (non-hydrogen) atoms. The molecule has 1 atom stereocenters. The zero-order valence-electron chi connectivity index (χ0n) is 13.9. The van der Waals surface area contributed by atoms with E-state index in [1.165, 1.54) is 14.1 Å². The van der Waals surface area contributed by atoms with Crippen molar-refractivity contribution in [1.82, 2.24) is 4.90 Å². The molecule has 0 fully saturated rings. The van der Waals surface area contributed by atoms with E-state index in [0.29, 0.717) is 0 Å². The molecular weight excluding hydrogens is 401 g/mol. The maximum absolute atomic E-state index is 12.6. The van der Waals surface area contributed by atoms with Gasteiger partial charge in [-0.3, -0.25) is 9.59 Å². The van der Waals surface area contributed by atoms with Crippen LogP contribution in [-0.2, 0) is 19.4 Å². The first-order valence-electron chi connectivity index (χ1n) is 6.92. The lowest BCUT2D eigenvalue weighted by Crippen LogP contribution is -2.52. The standard InChI is InChI=1S/C14H16ClF3N2O5S/c1-13(23,14(16,17)18)12(22)19-10-5-4-8(6-9(10)15)26(24,25)7-11(21)20(2)3/h4-6,23H,7H2,1-3H3,(H,19,22)/t13-/m1/s1. The van der Waals surface area contributed by atoms with E-state index in [2.05, 4.69) is 0 Å². The topological polar surface area (TPSA) is 104 Å². The Hall–Kier alpha value is -1.85. The van der Waals surface area contributed by atoms with E-state index in [1.54, 1.807) is 5.32 Å². The Morgan fingerprint density at radius 2 is 1.81 bits per heavy atom. The van der Waals surface area contributed by atoms with E-state index in [9.17, 15) is 36.3 Å². The van der Waals surface area contributed by atoms with Crippen molar-refractivity contribution in [3.63, 3.8) is 0 Å². The third-order valence-electron chi connectivity index (χ3n) is 3.35. The van der Waals surface area contributed by atoms with Crippen LogP contribution in [0.2, 0.25) is 5.02 Å². The molecular formula is C14H16ClF3N2O5S. The Morgan fingerprint density at radius 3 is 2.23 bits per heavy atom. The summed E-state index contributed by atoms with van der Waals surface area (Å²) in [6, 6.07) is 2.82. The Balaban J connectivity index is 3.09. The van der Waals surface area contributed by atoms with Gasteiger partial charge in [-0.2, -0.15) is 13.2 Å². The second kappa shape index (κ2) is 7.41. The van der Waals surface area contributed by atoms with Crippen molar-refractivity contribution in [1.29, 1.82) is 0 Å². The summed E-state index contributed by atoms with van der Waals surface area (Å²) >= 11 is 5.81. The molecule has 0 heterocycles. The number of alkyl halides is 3. The van der Waals surface area contributed by atoms with E-state index >= 15 is 0 Å². The molecule has 0 aromatic heterocycles. The average Bonchev–Trinajstić information content (AvgIpc) is 2.47. The molecule has 0 aliphatic rings. The Morgan fingerprint density at radius 1 is 1.27 bits per heavy atom. The predicted octanol–water partition coefficient (Wildman–Crippen LogP) is 1.45. The maximum Gasteiger partial charge on any atom is 0.426 e. The molecule has 146 valence electrons. The molecule has 0 radical (unpaired) electrons. The summed E-state index contributed by atoms with van der Waals surface area (Å²) in [7, 11) is -1.30. The second-order valence-corrected chi connectivity index (χ2v) is 8.11. The minimum absolute atomic E-state index is 0.266. The molecule has 7 nitrogen and oxygen atoms in total. The lowest BCUT2D eigenvalue weighted by atomic mass is 10.1. The summed E-state index contributed by atoms with van der Waals surface area (Å²) in [6.07, 6.45) is -5.22. The van der Waals surface area contributed by atoms with Crippen LogP contribution < -0.4 is 5.32 Å². The van der Waals surface area contributed by atoms with Crippen LogP contribution in [0.15, 0.2) is 23.1 Å². The van der Waals surface area contributed by atoms with Crippen molar-refractivity contribution in [3.05, 3.63) is 23.2 Å². The van der Waals surface area contributed by atoms with Crippen LogP contribution in [0.25, 0.3) is 0 Å². The lowest BCUT2D eigenvalue weighted by molar-refractivity contribution is -0.242. The fourth-order valence-electron chi connectivity index (χ4n) is 1.54. The van der Waals surface area contributed by atoms with Crippen molar-refractivity contribution in [2.45, 2.75) is 23.6 Å². The number of nitrogens with zero attached hydrogens (tertiary/aromatic N) is 1. The first-order chi connectivity index (χ1) is 11.6. The van der Waals surface area contributed by atoms with Crippen molar-refractivity contribution in [3.8, 4) is 0 Å². The summed E-state index contributed by atoms with van der Waals surface area (Å²) < 4.78 is 62.2. The Labute approximate surface area is 152 Å². The number of rotatable bonds is 5. The third-order valence-corrected chi connectivity index (χ3v) is 5.27. The molecule has 0 aliphatic carbocycles. The zero-order valence-corrected chi connectivity index (χ0v) is 15.5. The third kappa shape index (κ3) is 4.86. The molecule has 0 bridgehead atoms. The van der Waals surface area contributed by atoms with Gasteiger partial charge in [-0.1, -0.05) is 11.6 Å². The molecule has 12 heteroatoms. The zero-order chi connectivity index (χ0) is 20.5. The van der Waals surface area contributed by atoms with Crippen LogP contribution in [0.5, 0.6) is 0 Å². The van der Waals surface area contributed by atoms with Crippen LogP contribution in [0.1, 0.15) is 6.92 Å². The lowest BCUT2D eigenvalue weighted by Gasteiger charge is -2.25. The minimum Gasteiger partial charge on any atom is -0.373 e. The highest BCUT2D eigenvalue weighted by Crippen LogP contribution is 2.32. The summed E-state index contributed by atoms with van der Waals surface area (Å²) in [5.74, 6) is -3.30. The molecule has 1 aromatic carbocycles. The van der Waals surface area contributed by atoms with Gasteiger partial charge in [0, 0.05) is 14.1 Å². The number of hydrogen-bond acceptors (Lipinski definition) is 5. The number of nitrogens with one attached hydrogen (secondary N) is 1. The summed E-state index contributed by atoms with van der Waals surface area (Å²) in [5, 5.41) is 10.7. The largest absolute Gasteiger partial charge is 0.426 e. The van der Waals surface area contributed by atoms with Gasteiger partial charge in [0.2, 0.25) is 11.5 Å². The normalized spacial score (nSPS) is 14.5. The number of benzene rings is 1. The number of amides is 2. The number of halogens is 4. The van der Waals surface area contributed by atoms with Crippen LogP contribution in [-0.4, -0.2) is 61.9 Å². The first kappa shape index (κ1) is 22.2. The number of hydrogen-bond donors (Lipinski definition) is 2. The van der Waals surface area contributed by atoms with E-state index in [4.69, 9.17) is 11.6 Å². The van der Waals surface area contributed by atoms with Gasteiger partial charge < -0.3 is 15.3 Å². The van der Waals surface area contributed by atoms with Crippen LogP contribution >= 0.6 is 11.6 Å². The summed E-state index contributed by atoms with van der Waals surface area (Å²) in [6.45, 7) is 0.266. The molecule has 0 aliphatic heterocycles. The first-order valence-corrected chi connectivity index (χ1v) is 8.95. The molecule has 0 saturated carbocycles. The molecule has 0 unspecified atom stereocenters. The van der Waals surface area contributed by atoms with E-state index in [1.807, 2.05) is 0 Å². The fourth-order valence-corrected chi connectivity index (χ4v) is 3.15. The molecule has 0 saturated heterocycles. The smallest absolute Gasteiger partial charge is 0.373 e. The number of aliphatic hydroxyl groups is 1.